The molecule has 0 aliphatic rings. The van der Waals surface area contributed by atoms with Crippen LogP contribution in [0.1, 0.15) is 36.1 Å². The second-order valence-electron chi connectivity index (χ2n) is 4.39. The van der Waals surface area contributed by atoms with E-state index in [1.807, 2.05) is 6.92 Å². The molecule has 92 valence electrons. The Balaban J connectivity index is 2.55. The minimum atomic E-state index is -0.272. The topological polar surface area (TPSA) is 58.3 Å². The predicted octanol–water partition coefficient (Wildman–Crippen LogP) is 1.81. The van der Waals surface area contributed by atoms with E-state index in [9.17, 15) is 5.11 Å². The highest BCUT2D eigenvalue weighted by Gasteiger charge is 2.15. The van der Waals surface area contributed by atoms with Crippen LogP contribution >= 0.6 is 11.3 Å². The number of nitrogens with two attached hydrogens (primary N) is 1. The highest BCUT2D eigenvalue weighted by Crippen LogP contribution is 2.22. The summed E-state index contributed by atoms with van der Waals surface area (Å²) >= 11 is 1.78. The first kappa shape index (κ1) is 13.6. The van der Waals surface area contributed by atoms with Crippen molar-refractivity contribution in [1.82, 2.24) is 5.32 Å². The molecule has 0 amide bonds. The minimum absolute atomic E-state index is 0.201. The van der Waals surface area contributed by atoms with E-state index in [1.165, 1.54) is 9.75 Å². The fourth-order valence-electron chi connectivity index (χ4n) is 1.83. The number of aliphatic hydroxyl groups excluding tert-OH is 1. The summed E-state index contributed by atoms with van der Waals surface area (Å²) in [6, 6.07) is 4.71. The molecule has 1 aromatic rings. The molecule has 3 unspecified atom stereocenters. The molecule has 3 nitrogen and oxygen atoms in total. The van der Waals surface area contributed by atoms with Gasteiger partial charge in [0.25, 0.3) is 0 Å². The van der Waals surface area contributed by atoms with Gasteiger partial charge in [-0.05, 0) is 39.3 Å². The molecule has 1 rings (SSSR count). The van der Waals surface area contributed by atoms with Gasteiger partial charge in [0.1, 0.15) is 0 Å². The maximum Gasteiger partial charge on any atom is 0.0541 e. The van der Waals surface area contributed by atoms with Crippen LogP contribution in [-0.2, 0) is 0 Å². The van der Waals surface area contributed by atoms with E-state index in [1.54, 1.807) is 11.3 Å². The lowest BCUT2D eigenvalue weighted by molar-refractivity contribution is 0.168. The third kappa shape index (κ3) is 4.22. The lowest BCUT2D eigenvalue weighted by Crippen LogP contribution is -2.36. The number of aryl methyl sites for hydroxylation is 1. The van der Waals surface area contributed by atoms with E-state index in [2.05, 4.69) is 31.3 Å². The number of thiophene rings is 1. The molecule has 0 saturated heterocycles. The van der Waals surface area contributed by atoms with Gasteiger partial charge in [0, 0.05) is 22.3 Å². The lowest BCUT2D eigenvalue weighted by atomic mass is 10.1. The van der Waals surface area contributed by atoms with E-state index in [4.69, 9.17) is 5.73 Å². The Morgan fingerprint density at radius 1 is 1.44 bits per heavy atom. The molecule has 0 aromatic carbocycles. The summed E-state index contributed by atoms with van der Waals surface area (Å²) in [5.74, 6) is 0. The van der Waals surface area contributed by atoms with Gasteiger partial charge in [-0.15, -0.1) is 11.3 Å². The molecule has 0 bridgehead atoms. The van der Waals surface area contributed by atoms with Crippen molar-refractivity contribution >= 4 is 11.3 Å². The summed E-state index contributed by atoms with van der Waals surface area (Å²) in [6.45, 7) is 6.58. The SMILES string of the molecule is Cc1ccc(C(CN)NC(C)CC(C)O)s1. The van der Waals surface area contributed by atoms with Crippen LogP contribution < -0.4 is 11.1 Å². The standard InChI is InChI=1S/C12H22N2OS/c1-8(6-9(2)15)14-11(7-13)12-5-4-10(3)16-12/h4-5,8-9,11,14-15H,6-7,13H2,1-3H3. The van der Waals surface area contributed by atoms with Crippen LogP contribution in [0.15, 0.2) is 12.1 Å². The lowest BCUT2D eigenvalue weighted by Gasteiger charge is -2.22. The first-order chi connectivity index (χ1) is 7.52. The van der Waals surface area contributed by atoms with Gasteiger partial charge < -0.3 is 16.2 Å². The summed E-state index contributed by atoms with van der Waals surface area (Å²) in [4.78, 5) is 2.58. The zero-order valence-corrected chi connectivity index (χ0v) is 11.1. The molecular weight excluding hydrogens is 220 g/mol. The van der Waals surface area contributed by atoms with Crippen LogP contribution in [0.4, 0.5) is 0 Å². The van der Waals surface area contributed by atoms with E-state index in [-0.39, 0.29) is 18.2 Å². The molecule has 4 N–H and O–H groups in total. The molecule has 0 fully saturated rings. The second-order valence-corrected chi connectivity index (χ2v) is 5.71. The average Bonchev–Trinajstić information content (AvgIpc) is 2.60. The van der Waals surface area contributed by atoms with Crippen LogP contribution in [0.25, 0.3) is 0 Å². The molecule has 0 saturated carbocycles. The van der Waals surface area contributed by atoms with Crippen molar-refractivity contribution in [3.8, 4) is 0 Å². The Morgan fingerprint density at radius 3 is 2.56 bits per heavy atom. The Bertz CT molecular complexity index is 312. The van der Waals surface area contributed by atoms with Crippen LogP contribution in [-0.4, -0.2) is 23.8 Å². The normalized spacial score (nSPS) is 17.1. The van der Waals surface area contributed by atoms with Gasteiger partial charge in [-0.25, -0.2) is 0 Å². The monoisotopic (exact) mass is 242 g/mol. The van der Waals surface area contributed by atoms with Crippen molar-refractivity contribution in [3.63, 3.8) is 0 Å². The number of aliphatic hydroxyl groups is 1. The molecule has 0 spiro atoms. The third-order valence-corrected chi connectivity index (χ3v) is 3.64. The van der Waals surface area contributed by atoms with Gasteiger partial charge in [-0.2, -0.15) is 0 Å². The van der Waals surface area contributed by atoms with Crippen LogP contribution in [0.2, 0.25) is 0 Å². The molecule has 0 radical (unpaired) electrons. The minimum Gasteiger partial charge on any atom is -0.393 e. The number of nitrogens with one attached hydrogen (secondary N) is 1. The van der Waals surface area contributed by atoms with Crippen LogP contribution in [0, 0.1) is 6.92 Å². The molecule has 0 aliphatic heterocycles. The van der Waals surface area contributed by atoms with Gasteiger partial charge >= 0.3 is 0 Å². The Kier molecular flexibility index (Phi) is 5.41. The quantitative estimate of drug-likeness (QED) is 0.713. The van der Waals surface area contributed by atoms with E-state index in [0.717, 1.165) is 6.42 Å². The van der Waals surface area contributed by atoms with Crippen molar-refractivity contribution in [3.05, 3.63) is 21.9 Å². The first-order valence-corrected chi connectivity index (χ1v) is 6.55. The van der Waals surface area contributed by atoms with Gasteiger partial charge in [-0.3, -0.25) is 0 Å². The van der Waals surface area contributed by atoms with Crippen molar-refractivity contribution in [1.29, 1.82) is 0 Å². The Labute approximate surface area is 102 Å². The van der Waals surface area contributed by atoms with Crippen molar-refractivity contribution < 1.29 is 5.11 Å². The molecule has 1 aromatic heterocycles. The van der Waals surface area contributed by atoms with Gasteiger partial charge in [0.15, 0.2) is 0 Å². The van der Waals surface area contributed by atoms with Gasteiger partial charge in [0.2, 0.25) is 0 Å². The maximum absolute atomic E-state index is 9.31. The van der Waals surface area contributed by atoms with Crippen molar-refractivity contribution in [2.75, 3.05) is 6.54 Å². The molecule has 16 heavy (non-hydrogen) atoms. The highest BCUT2D eigenvalue weighted by atomic mass is 32.1. The largest absolute Gasteiger partial charge is 0.393 e. The van der Waals surface area contributed by atoms with E-state index >= 15 is 0 Å². The summed E-state index contributed by atoms with van der Waals surface area (Å²) in [6.07, 6.45) is 0.479. The van der Waals surface area contributed by atoms with Crippen LogP contribution in [0.3, 0.4) is 0 Å². The number of hydrogen-bond donors (Lipinski definition) is 3. The fraction of sp³-hybridized carbons (Fsp3) is 0.667. The first-order valence-electron chi connectivity index (χ1n) is 5.73. The van der Waals surface area contributed by atoms with Crippen LogP contribution in [0.5, 0.6) is 0 Å². The predicted molar refractivity (Wildman–Crippen MR) is 69.7 cm³/mol. The Hall–Kier alpha value is -0.420. The molecular formula is C12H22N2OS. The van der Waals surface area contributed by atoms with Gasteiger partial charge in [-0.1, -0.05) is 0 Å². The summed E-state index contributed by atoms with van der Waals surface area (Å²) in [7, 11) is 0. The average molecular weight is 242 g/mol. The third-order valence-electron chi connectivity index (χ3n) is 2.52. The fourth-order valence-corrected chi connectivity index (χ4v) is 2.78. The summed E-state index contributed by atoms with van der Waals surface area (Å²) in [5, 5.41) is 12.8. The highest BCUT2D eigenvalue weighted by molar-refractivity contribution is 7.12. The molecule has 1 heterocycles. The number of rotatable bonds is 6. The Morgan fingerprint density at radius 2 is 2.12 bits per heavy atom. The molecule has 0 aliphatic carbocycles. The number of hydrogen-bond acceptors (Lipinski definition) is 4. The smallest absolute Gasteiger partial charge is 0.0541 e. The summed E-state index contributed by atoms with van der Waals surface area (Å²) in [5.41, 5.74) is 5.77. The van der Waals surface area contributed by atoms with Crippen molar-refractivity contribution in [2.45, 2.75) is 45.4 Å². The van der Waals surface area contributed by atoms with Gasteiger partial charge in [0.05, 0.1) is 12.1 Å². The molecule has 3 atom stereocenters. The second kappa shape index (κ2) is 6.35. The maximum atomic E-state index is 9.31. The summed E-state index contributed by atoms with van der Waals surface area (Å²) < 4.78 is 0. The van der Waals surface area contributed by atoms with E-state index in [0.29, 0.717) is 6.54 Å². The zero-order chi connectivity index (χ0) is 12.1. The zero-order valence-electron chi connectivity index (χ0n) is 10.2. The van der Waals surface area contributed by atoms with Crippen molar-refractivity contribution in [2.24, 2.45) is 5.73 Å². The molecule has 4 heteroatoms. The van der Waals surface area contributed by atoms with E-state index < -0.39 is 0 Å².